The molecule has 1 saturated carbocycles. The van der Waals surface area contributed by atoms with E-state index in [9.17, 15) is 14.7 Å². The van der Waals surface area contributed by atoms with Crippen LogP contribution in [0.1, 0.15) is 51.9 Å². The van der Waals surface area contributed by atoms with Gasteiger partial charge in [0.2, 0.25) is 0 Å². The van der Waals surface area contributed by atoms with Crippen molar-refractivity contribution in [3.05, 3.63) is 112 Å². The van der Waals surface area contributed by atoms with Crippen molar-refractivity contribution in [2.75, 3.05) is 0 Å². The van der Waals surface area contributed by atoms with Gasteiger partial charge in [-0.15, -0.1) is 0 Å². The lowest BCUT2D eigenvalue weighted by Crippen LogP contribution is -2.46. The molecule has 0 amide bonds. The Morgan fingerprint density at radius 3 is 2.44 bits per heavy atom. The van der Waals surface area contributed by atoms with Gasteiger partial charge in [0, 0.05) is 11.8 Å². The molecule has 1 N–H and O–H groups in total. The third kappa shape index (κ3) is 3.69. The summed E-state index contributed by atoms with van der Waals surface area (Å²) < 4.78 is 0. The lowest BCUT2D eigenvalue weighted by molar-refractivity contribution is -0.119. The Morgan fingerprint density at radius 2 is 1.72 bits per heavy atom. The molecular formula is C29H26O3. The van der Waals surface area contributed by atoms with E-state index in [1.54, 1.807) is 6.07 Å². The SMILES string of the molecule is O=C1CC2CCc3cc(C(=O)O)ccc3C2(Cc2ccccc2)CC1=Cc1ccccc1. The number of ketones is 1. The van der Waals surface area contributed by atoms with Gasteiger partial charge in [-0.1, -0.05) is 66.7 Å². The van der Waals surface area contributed by atoms with E-state index in [4.69, 9.17) is 0 Å². The lowest BCUT2D eigenvalue weighted by atomic mass is 9.54. The first-order chi connectivity index (χ1) is 15.5. The van der Waals surface area contributed by atoms with Gasteiger partial charge >= 0.3 is 5.97 Å². The van der Waals surface area contributed by atoms with E-state index in [0.717, 1.165) is 36.0 Å². The number of rotatable bonds is 4. The predicted octanol–water partition coefficient (Wildman–Crippen LogP) is 5.87. The van der Waals surface area contributed by atoms with Crippen LogP contribution in [-0.4, -0.2) is 16.9 Å². The number of carboxylic acids is 1. The Hall–Kier alpha value is -3.46. The van der Waals surface area contributed by atoms with Gasteiger partial charge in [0.15, 0.2) is 5.78 Å². The van der Waals surface area contributed by atoms with Gasteiger partial charge < -0.3 is 5.11 Å². The van der Waals surface area contributed by atoms with E-state index in [1.807, 2.05) is 54.6 Å². The molecule has 3 aromatic carbocycles. The van der Waals surface area contributed by atoms with E-state index in [-0.39, 0.29) is 17.1 Å². The van der Waals surface area contributed by atoms with Gasteiger partial charge in [-0.25, -0.2) is 4.79 Å². The summed E-state index contributed by atoms with van der Waals surface area (Å²) in [6.07, 6.45) is 5.85. The lowest BCUT2D eigenvalue weighted by Gasteiger charge is -2.49. The number of carbonyl (C=O) groups excluding carboxylic acids is 1. The normalized spacial score (nSPS) is 23.4. The van der Waals surface area contributed by atoms with Crippen LogP contribution in [0, 0.1) is 5.92 Å². The number of fused-ring (bicyclic) bond motifs is 3. The number of carboxylic acid groups (broad SMARTS) is 1. The molecule has 0 spiro atoms. The van der Waals surface area contributed by atoms with Crippen LogP contribution in [0.5, 0.6) is 0 Å². The fourth-order valence-electron chi connectivity index (χ4n) is 5.72. The van der Waals surface area contributed by atoms with Crippen LogP contribution in [0.15, 0.2) is 84.4 Å². The Labute approximate surface area is 188 Å². The van der Waals surface area contributed by atoms with Crippen LogP contribution in [0.2, 0.25) is 0 Å². The molecule has 160 valence electrons. The molecule has 2 unspecified atom stereocenters. The highest BCUT2D eigenvalue weighted by molar-refractivity contribution is 6.01. The molecule has 1 fully saturated rings. The molecule has 3 nitrogen and oxygen atoms in total. The van der Waals surface area contributed by atoms with Gasteiger partial charge in [-0.05, 0) is 77.6 Å². The fourth-order valence-corrected chi connectivity index (χ4v) is 5.72. The maximum Gasteiger partial charge on any atom is 0.335 e. The molecule has 2 atom stereocenters. The number of carbonyl (C=O) groups is 2. The topological polar surface area (TPSA) is 54.4 Å². The van der Waals surface area contributed by atoms with Crippen molar-refractivity contribution in [2.45, 2.75) is 37.5 Å². The van der Waals surface area contributed by atoms with Crippen LogP contribution >= 0.6 is 0 Å². The van der Waals surface area contributed by atoms with Gasteiger partial charge in [-0.3, -0.25) is 4.79 Å². The monoisotopic (exact) mass is 422 g/mol. The van der Waals surface area contributed by atoms with Crippen molar-refractivity contribution in [1.82, 2.24) is 0 Å². The second-order valence-corrected chi connectivity index (χ2v) is 9.12. The van der Waals surface area contributed by atoms with E-state index in [1.165, 1.54) is 11.1 Å². The predicted molar refractivity (Wildman–Crippen MR) is 126 cm³/mol. The van der Waals surface area contributed by atoms with Crippen molar-refractivity contribution < 1.29 is 14.7 Å². The number of hydrogen-bond donors (Lipinski definition) is 1. The fraction of sp³-hybridized carbons (Fsp3) is 0.241. The molecule has 0 aliphatic heterocycles. The zero-order chi connectivity index (χ0) is 22.1. The van der Waals surface area contributed by atoms with E-state index in [0.29, 0.717) is 18.4 Å². The maximum absolute atomic E-state index is 13.2. The van der Waals surface area contributed by atoms with Gasteiger partial charge in [-0.2, -0.15) is 0 Å². The summed E-state index contributed by atoms with van der Waals surface area (Å²) in [5, 5.41) is 9.51. The largest absolute Gasteiger partial charge is 0.478 e. The third-order valence-electron chi connectivity index (χ3n) is 7.23. The van der Waals surface area contributed by atoms with Crippen LogP contribution in [-0.2, 0) is 23.1 Å². The van der Waals surface area contributed by atoms with Gasteiger partial charge in [0.25, 0.3) is 0 Å². The summed E-state index contributed by atoms with van der Waals surface area (Å²) in [5.41, 5.74) is 5.63. The number of aromatic carboxylic acids is 1. The van der Waals surface area contributed by atoms with Crippen LogP contribution in [0.25, 0.3) is 6.08 Å². The highest BCUT2D eigenvalue weighted by Gasteiger charge is 2.49. The Morgan fingerprint density at radius 1 is 1.00 bits per heavy atom. The number of hydrogen-bond acceptors (Lipinski definition) is 2. The average molecular weight is 423 g/mol. The van der Waals surface area contributed by atoms with E-state index in [2.05, 4.69) is 24.3 Å². The Kier molecular flexibility index (Phi) is 5.26. The standard InChI is InChI=1S/C29H26O3/c30-27-17-25-13-11-22-16-23(28(31)32)12-14-26(22)29(25,18-21-9-5-2-6-10-21)19-24(27)15-20-7-3-1-4-8-20/h1-10,12,14-16,25H,11,13,17-19H2,(H,31,32). The summed E-state index contributed by atoms with van der Waals surface area (Å²) in [7, 11) is 0. The van der Waals surface area contributed by atoms with Crippen molar-refractivity contribution in [3.8, 4) is 0 Å². The molecule has 0 saturated heterocycles. The van der Waals surface area contributed by atoms with Gasteiger partial charge in [0.05, 0.1) is 5.56 Å². The van der Waals surface area contributed by atoms with Crippen LogP contribution in [0.4, 0.5) is 0 Å². The second-order valence-electron chi connectivity index (χ2n) is 9.12. The molecule has 0 bridgehead atoms. The summed E-state index contributed by atoms with van der Waals surface area (Å²) in [6.45, 7) is 0. The van der Waals surface area contributed by atoms with Crippen molar-refractivity contribution in [3.63, 3.8) is 0 Å². The molecule has 3 aromatic rings. The molecule has 0 aromatic heterocycles. The molecule has 2 aliphatic carbocycles. The molecular weight excluding hydrogens is 396 g/mol. The summed E-state index contributed by atoms with van der Waals surface area (Å²) in [4.78, 5) is 24.7. The zero-order valence-corrected chi connectivity index (χ0v) is 18.0. The quantitative estimate of drug-likeness (QED) is 0.535. The number of aryl methyl sites for hydroxylation is 1. The van der Waals surface area contributed by atoms with E-state index >= 15 is 0 Å². The Bertz CT molecular complexity index is 1190. The highest BCUT2D eigenvalue weighted by atomic mass is 16.4. The number of benzene rings is 3. The third-order valence-corrected chi connectivity index (χ3v) is 7.23. The highest BCUT2D eigenvalue weighted by Crippen LogP contribution is 2.52. The molecule has 0 radical (unpaired) electrons. The summed E-state index contributed by atoms with van der Waals surface area (Å²) in [6, 6.07) is 26.1. The molecule has 0 heterocycles. The van der Waals surface area contributed by atoms with Crippen molar-refractivity contribution in [2.24, 2.45) is 5.92 Å². The second kappa shape index (κ2) is 8.23. The smallest absolute Gasteiger partial charge is 0.335 e. The summed E-state index contributed by atoms with van der Waals surface area (Å²) in [5.74, 6) is -0.394. The minimum absolute atomic E-state index is 0.208. The van der Waals surface area contributed by atoms with Crippen LogP contribution in [0.3, 0.4) is 0 Å². The number of allylic oxidation sites excluding steroid dienone is 1. The molecule has 2 aliphatic rings. The van der Waals surface area contributed by atoms with Crippen molar-refractivity contribution >= 4 is 17.8 Å². The summed E-state index contributed by atoms with van der Waals surface area (Å²) >= 11 is 0. The van der Waals surface area contributed by atoms with E-state index < -0.39 is 5.97 Å². The number of Topliss-reactive ketones (excluding diaryl/α,β-unsaturated/α-hetero) is 1. The molecule has 32 heavy (non-hydrogen) atoms. The minimum Gasteiger partial charge on any atom is -0.478 e. The molecule has 3 heteroatoms. The van der Waals surface area contributed by atoms with Crippen molar-refractivity contribution in [1.29, 1.82) is 0 Å². The molecule has 5 rings (SSSR count). The first kappa shape index (κ1) is 20.4. The minimum atomic E-state index is -0.893. The maximum atomic E-state index is 13.2. The Balaban J connectivity index is 1.64. The zero-order valence-electron chi connectivity index (χ0n) is 18.0. The van der Waals surface area contributed by atoms with Crippen LogP contribution < -0.4 is 0 Å². The van der Waals surface area contributed by atoms with Gasteiger partial charge in [0.1, 0.15) is 0 Å². The first-order valence-corrected chi connectivity index (χ1v) is 11.2. The average Bonchev–Trinajstić information content (AvgIpc) is 2.81. The first-order valence-electron chi connectivity index (χ1n) is 11.2.